The van der Waals surface area contributed by atoms with Crippen LogP contribution in [0, 0.1) is 0 Å². The van der Waals surface area contributed by atoms with Crippen molar-refractivity contribution in [1.29, 1.82) is 0 Å². The third kappa shape index (κ3) is 4.73. The molecule has 3 aromatic carbocycles. The summed E-state index contributed by atoms with van der Waals surface area (Å²) in [6, 6.07) is 27.0. The van der Waals surface area contributed by atoms with Gasteiger partial charge in [0.25, 0.3) is 11.8 Å². The number of benzene rings is 3. The van der Waals surface area contributed by atoms with E-state index < -0.39 is 17.2 Å². The Morgan fingerprint density at radius 1 is 0.800 bits per heavy atom. The third-order valence-corrected chi connectivity index (χ3v) is 7.41. The number of nitrogens with zero attached hydrogens (tertiary/aromatic N) is 1. The number of rotatable bonds is 6. The van der Waals surface area contributed by atoms with Crippen LogP contribution in [0.5, 0.6) is 0 Å². The molecule has 0 aliphatic carbocycles. The number of aromatic nitrogens is 1. The fourth-order valence-corrected chi connectivity index (χ4v) is 5.27. The molecule has 6 nitrogen and oxygen atoms in total. The number of halogens is 1. The summed E-state index contributed by atoms with van der Waals surface area (Å²) < 4.78 is 0. The van der Waals surface area contributed by atoms with Gasteiger partial charge in [-0.15, -0.1) is 11.8 Å². The lowest BCUT2D eigenvalue weighted by atomic mass is 9.95. The first-order chi connectivity index (χ1) is 17.0. The molecule has 2 atom stereocenters. The molecule has 0 bridgehead atoms. The average molecular weight is 502 g/mol. The van der Waals surface area contributed by atoms with Gasteiger partial charge in [-0.2, -0.15) is 0 Å². The molecule has 35 heavy (non-hydrogen) atoms. The van der Waals surface area contributed by atoms with Crippen LogP contribution in [0.2, 0.25) is 5.02 Å². The summed E-state index contributed by atoms with van der Waals surface area (Å²) in [6.45, 7) is 0. The molecule has 5 rings (SSSR count). The van der Waals surface area contributed by atoms with Crippen molar-refractivity contribution in [1.82, 2.24) is 15.4 Å². The van der Waals surface area contributed by atoms with Crippen molar-refractivity contribution in [2.24, 2.45) is 0 Å². The second-order valence-corrected chi connectivity index (χ2v) is 9.55. The van der Waals surface area contributed by atoms with Crippen molar-refractivity contribution in [3.8, 4) is 11.1 Å². The van der Waals surface area contributed by atoms with Crippen LogP contribution < -0.4 is 11.0 Å². The fourth-order valence-electron chi connectivity index (χ4n) is 4.04. The molecule has 174 valence electrons. The summed E-state index contributed by atoms with van der Waals surface area (Å²) in [6.07, 6.45) is 1.65. The molecule has 0 spiro atoms. The second-order valence-electron chi connectivity index (χ2n) is 7.99. The molecule has 4 aromatic rings. The van der Waals surface area contributed by atoms with E-state index in [9.17, 15) is 14.4 Å². The lowest BCUT2D eigenvalue weighted by molar-refractivity contribution is -0.131. The van der Waals surface area contributed by atoms with Gasteiger partial charge in [0.1, 0.15) is 6.04 Å². The largest absolute Gasteiger partial charge is 0.328 e. The second kappa shape index (κ2) is 9.82. The summed E-state index contributed by atoms with van der Waals surface area (Å²) in [5, 5.41) is 0.936. The maximum absolute atomic E-state index is 13.6. The number of amides is 2. The highest BCUT2D eigenvalue weighted by Crippen LogP contribution is 2.37. The van der Waals surface area contributed by atoms with Gasteiger partial charge in [-0.05, 0) is 46.5 Å². The summed E-state index contributed by atoms with van der Waals surface area (Å²) in [7, 11) is 0. The van der Waals surface area contributed by atoms with Gasteiger partial charge in [0.2, 0.25) is 5.56 Å². The zero-order chi connectivity index (χ0) is 24.4. The van der Waals surface area contributed by atoms with E-state index in [4.69, 9.17) is 11.6 Å². The van der Waals surface area contributed by atoms with Gasteiger partial charge >= 0.3 is 0 Å². The van der Waals surface area contributed by atoms with Crippen molar-refractivity contribution in [3.63, 3.8) is 0 Å². The minimum Gasteiger partial charge on any atom is -0.328 e. The third-order valence-electron chi connectivity index (χ3n) is 5.71. The first-order valence-corrected chi connectivity index (χ1v) is 12.2. The van der Waals surface area contributed by atoms with Crippen LogP contribution in [-0.2, 0) is 9.59 Å². The summed E-state index contributed by atoms with van der Waals surface area (Å²) in [5.41, 5.74) is 5.99. The molecule has 1 aliphatic rings. The first kappa shape index (κ1) is 23.0. The molecule has 2 unspecified atom stereocenters. The van der Waals surface area contributed by atoms with Gasteiger partial charge < -0.3 is 4.98 Å². The van der Waals surface area contributed by atoms with E-state index in [0.717, 1.165) is 34.0 Å². The topological polar surface area (TPSA) is 82.3 Å². The Hall–Kier alpha value is -3.81. The molecule has 0 saturated carbocycles. The number of pyridine rings is 1. The smallest absolute Gasteiger partial charge is 0.265 e. The number of carbonyl (C=O) groups excluding carboxylic acids is 2. The molecular weight excluding hydrogens is 482 g/mol. The number of nitrogens with one attached hydrogen (secondary N) is 2. The van der Waals surface area contributed by atoms with Crippen LogP contribution in [0.3, 0.4) is 0 Å². The lowest BCUT2D eigenvalue weighted by Gasteiger charge is -2.28. The van der Waals surface area contributed by atoms with Crippen molar-refractivity contribution in [2.75, 3.05) is 0 Å². The molecular formula is C27H20ClN3O3S. The maximum Gasteiger partial charge on any atom is 0.265 e. The number of carbonyl (C=O) groups is 2. The van der Waals surface area contributed by atoms with Crippen molar-refractivity contribution >= 4 is 35.2 Å². The van der Waals surface area contributed by atoms with Crippen LogP contribution in [0.4, 0.5) is 0 Å². The van der Waals surface area contributed by atoms with E-state index in [2.05, 4.69) is 10.4 Å². The number of hydrazine groups is 1. The Balaban J connectivity index is 1.52. The van der Waals surface area contributed by atoms with Gasteiger partial charge in [0.05, 0.1) is 5.02 Å². The normalized spacial score (nSPS) is 16.3. The number of aromatic amines is 1. The van der Waals surface area contributed by atoms with Gasteiger partial charge in [-0.1, -0.05) is 72.3 Å². The number of thioether (sulfide) groups is 1. The average Bonchev–Trinajstić information content (AvgIpc) is 3.15. The first-order valence-electron chi connectivity index (χ1n) is 10.9. The van der Waals surface area contributed by atoms with Crippen LogP contribution in [0.25, 0.3) is 11.1 Å². The predicted octanol–water partition coefficient (Wildman–Crippen LogP) is 4.82. The van der Waals surface area contributed by atoms with Gasteiger partial charge in [0.15, 0.2) is 5.25 Å². The fraction of sp³-hybridized carbons (Fsp3) is 0.0741. The molecule has 0 radical (unpaired) electrons. The van der Waals surface area contributed by atoms with E-state index in [-0.39, 0.29) is 11.5 Å². The molecule has 2 amide bonds. The summed E-state index contributed by atoms with van der Waals surface area (Å²) in [4.78, 5) is 41.3. The van der Waals surface area contributed by atoms with Crippen molar-refractivity contribution < 1.29 is 9.59 Å². The van der Waals surface area contributed by atoms with Gasteiger partial charge in [-0.3, -0.25) is 19.8 Å². The van der Waals surface area contributed by atoms with E-state index in [1.807, 2.05) is 60.7 Å². The monoisotopic (exact) mass is 501 g/mol. The summed E-state index contributed by atoms with van der Waals surface area (Å²) in [5.74, 6) is -0.735. The molecule has 1 saturated heterocycles. The lowest BCUT2D eigenvalue weighted by Crippen LogP contribution is -2.40. The van der Waals surface area contributed by atoms with Crippen LogP contribution >= 0.6 is 23.4 Å². The Labute approximate surface area is 210 Å². The van der Waals surface area contributed by atoms with E-state index in [1.54, 1.807) is 30.5 Å². The molecule has 2 N–H and O–H groups in total. The highest BCUT2D eigenvalue weighted by molar-refractivity contribution is 8.01. The molecule has 1 aliphatic heterocycles. The van der Waals surface area contributed by atoms with Gasteiger partial charge in [-0.25, -0.2) is 5.01 Å². The minimum absolute atomic E-state index is 0.181. The van der Waals surface area contributed by atoms with Gasteiger partial charge in [0, 0.05) is 17.2 Å². The van der Waals surface area contributed by atoms with E-state index in [1.165, 1.54) is 11.1 Å². The molecule has 2 heterocycles. The van der Waals surface area contributed by atoms with Crippen molar-refractivity contribution in [3.05, 3.63) is 124 Å². The Kier molecular flexibility index (Phi) is 6.44. The quantitative estimate of drug-likeness (QED) is 0.371. The zero-order valence-electron chi connectivity index (χ0n) is 18.4. The standard InChI is InChI=1S/C27H20ClN3O3S/c28-21-11-4-5-12-22(21)35-25-26(33)30-31(27(25)34)24(17-7-2-1-3-8-17)19-10-6-9-18(15-19)20-13-14-23(32)29-16-20/h1-16,24-25H,(H,29,32)(H,30,33). The Bertz CT molecular complexity index is 1440. The van der Waals surface area contributed by atoms with E-state index >= 15 is 0 Å². The number of H-pyrrole nitrogens is 1. The van der Waals surface area contributed by atoms with E-state index in [0.29, 0.717) is 9.92 Å². The molecule has 1 aromatic heterocycles. The highest BCUT2D eigenvalue weighted by Gasteiger charge is 2.44. The summed E-state index contributed by atoms with van der Waals surface area (Å²) >= 11 is 7.41. The Morgan fingerprint density at radius 2 is 1.54 bits per heavy atom. The zero-order valence-corrected chi connectivity index (χ0v) is 19.9. The van der Waals surface area contributed by atoms with Crippen LogP contribution in [0.15, 0.2) is 107 Å². The minimum atomic E-state index is -0.955. The SMILES string of the molecule is O=C1NN(C(c2ccccc2)c2cccc(-c3ccc(=O)[nH]c3)c2)C(=O)C1Sc1ccccc1Cl. The number of hydrogen-bond donors (Lipinski definition) is 2. The predicted molar refractivity (Wildman–Crippen MR) is 137 cm³/mol. The van der Waals surface area contributed by atoms with Crippen LogP contribution in [-0.4, -0.2) is 27.1 Å². The molecule has 8 heteroatoms. The maximum atomic E-state index is 13.6. The van der Waals surface area contributed by atoms with Crippen molar-refractivity contribution in [2.45, 2.75) is 16.2 Å². The number of hydrogen-bond acceptors (Lipinski definition) is 4. The Morgan fingerprint density at radius 3 is 2.29 bits per heavy atom. The van der Waals surface area contributed by atoms with Crippen LogP contribution in [0.1, 0.15) is 17.2 Å². The highest BCUT2D eigenvalue weighted by atomic mass is 35.5. The molecule has 1 fully saturated rings.